The van der Waals surface area contributed by atoms with Gasteiger partial charge in [0.25, 0.3) is 0 Å². The molecular weight excluding hydrogens is 140 g/mol. The highest BCUT2D eigenvalue weighted by molar-refractivity contribution is 4.93. The number of methoxy groups -OCH3 is 1. The second-order valence-corrected chi connectivity index (χ2v) is 3.69. The second kappa shape index (κ2) is 2.73. The fourth-order valence-electron chi connectivity index (χ4n) is 1.81. The largest absolute Gasteiger partial charge is 0.379 e. The highest BCUT2D eigenvalue weighted by Gasteiger charge is 2.37. The van der Waals surface area contributed by atoms with Crippen molar-refractivity contribution in [2.24, 2.45) is 0 Å². The first-order valence-electron chi connectivity index (χ1n) is 4.25. The van der Waals surface area contributed by atoms with Gasteiger partial charge in [-0.3, -0.25) is 4.90 Å². The molecule has 3 heteroatoms. The molecule has 0 radical (unpaired) electrons. The Morgan fingerprint density at radius 1 is 1.18 bits per heavy atom. The van der Waals surface area contributed by atoms with Crippen molar-refractivity contribution in [1.82, 2.24) is 9.80 Å². The molecular formula is C8H16N2O. The zero-order chi connectivity index (χ0) is 7.84. The monoisotopic (exact) mass is 156 g/mol. The third-order valence-electron chi connectivity index (χ3n) is 2.77. The first kappa shape index (κ1) is 7.53. The molecule has 2 fully saturated rings. The van der Waals surface area contributed by atoms with Crippen molar-refractivity contribution in [2.75, 3.05) is 40.3 Å². The van der Waals surface area contributed by atoms with Gasteiger partial charge in [0.15, 0.2) is 0 Å². The topological polar surface area (TPSA) is 15.7 Å². The van der Waals surface area contributed by atoms with Gasteiger partial charge in [0.05, 0.1) is 6.10 Å². The Labute approximate surface area is 67.9 Å². The Kier molecular flexibility index (Phi) is 1.87. The summed E-state index contributed by atoms with van der Waals surface area (Å²) in [6.07, 6.45) is 0.515. The van der Waals surface area contributed by atoms with Gasteiger partial charge in [-0.05, 0) is 7.05 Å². The Hall–Kier alpha value is -0.120. The van der Waals surface area contributed by atoms with Gasteiger partial charge in [-0.2, -0.15) is 0 Å². The van der Waals surface area contributed by atoms with Gasteiger partial charge in [0.2, 0.25) is 0 Å². The zero-order valence-electron chi connectivity index (χ0n) is 7.29. The summed E-state index contributed by atoms with van der Waals surface area (Å²) in [5.74, 6) is 0. The summed E-state index contributed by atoms with van der Waals surface area (Å²) >= 11 is 0. The van der Waals surface area contributed by atoms with E-state index in [4.69, 9.17) is 4.74 Å². The van der Waals surface area contributed by atoms with Gasteiger partial charge < -0.3 is 9.64 Å². The molecule has 0 N–H and O–H groups in total. The molecule has 0 aromatic rings. The van der Waals surface area contributed by atoms with E-state index in [1.54, 1.807) is 7.11 Å². The van der Waals surface area contributed by atoms with Crippen molar-refractivity contribution in [3.63, 3.8) is 0 Å². The first-order valence-corrected chi connectivity index (χ1v) is 4.25. The van der Waals surface area contributed by atoms with E-state index in [1.807, 2.05) is 0 Å². The molecule has 0 atom stereocenters. The molecule has 3 nitrogen and oxygen atoms in total. The average molecular weight is 156 g/mol. The Morgan fingerprint density at radius 2 is 1.82 bits per heavy atom. The van der Waals surface area contributed by atoms with E-state index in [2.05, 4.69) is 16.8 Å². The maximum absolute atomic E-state index is 5.21. The van der Waals surface area contributed by atoms with E-state index in [0.29, 0.717) is 6.10 Å². The number of likely N-dealkylation sites (N-methyl/N-ethyl adjacent to an activating group) is 1. The molecule has 0 saturated carbocycles. The van der Waals surface area contributed by atoms with Crippen LogP contribution in [-0.2, 0) is 4.74 Å². The van der Waals surface area contributed by atoms with Crippen LogP contribution < -0.4 is 0 Å². The summed E-state index contributed by atoms with van der Waals surface area (Å²) in [5.41, 5.74) is 0. The minimum Gasteiger partial charge on any atom is -0.379 e. The standard InChI is InChI=1S/C8H16N2O/c1-9-3-7(4-9)10-5-8(6-10)11-2/h7-8H,3-6H2,1-2H3. The van der Waals surface area contributed by atoms with Gasteiger partial charge in [-0.25, -0.2) is 0 Å². The normalized spacial score (nSPS) is 30.0. The van der Waals surface area contributed by atoms with E-state index in [-0.39, 0.29) is 0 Å². The number of likely N-dealkylation sites (tertiary alicyclic amines) is 2. The van der Waals surface area contributed by atoms with E-state index >= 15 is 0 Å². The molecule has 0 aliphatic carbocycles. The highest BCUT2D eigenvalue weighted by Crippen LogP contribution is 2.20. The van der Waals surface area contributed by atoms with Crippen LogP contribution in [0, 0.1) is 0 Å². The summed E-state index contributed by atoms with van der Waals surface area (Å²) in [6, 6.07) is 0.825. The third kappa shape index (κ3) is 1.28. The van der Waals surface area contributed by atoms with E-state index in [0.717, 1.165) is 19.1 Å². The van der Waals surface area contributed by atoms with Crippen molar-refractivity contribution in [3.8, 4) is 0 Å². The molecule has 2 aliphatic rings. The number of nitrogens with zero attached hydrogens (tertiary/aromatic N) is 2. The lowest BCUT2D eigenvalue weighted by Gasteiger charge is -2.50. The van der Waals surface area contributed by atoms with Crippen LogP contribution in [0.15, 0.2) is 0 Å². The molecule has 0 bridgehead atoms. The van der Waals surface area contributed by atoms with E-state index in [1.165, 1.54) is 13.1 Å². The van der Waals surface area contributed by atoms with Crippen LogP contribution in [0.1, 0.15) is 0 Å². The lowest BCUT2D eigenvalue weighted by Crippen LogP contribution is -2.66. The average Bonchev–Trinajstić information content (AvgIpc) is 1.81. The fourth-order valence-corrected chi connectivity index (χ4v) is 1.81. The summed E-state index contributed by atoms with van der Waals surface area (Å²) in [7, 11) is 3.97. The quantitative estimate of drug-likeness (QED) is 0.542. The van der Waals surface area contributed by atoms with Crippen molar-refractivity contribution >= 4 is 0 Å². The first-order chi connectivity index (χ1) is 5.29. The van der Waals surface area contributed by atoms with Crippen LogP contribution in [0.5, 0.6) is 0 Å². The maximum Gasteiger partial charge on any atom is 0.0825 e. The van der Waals surface area contributed by atoms with Gasteiger partial charge >= 0.3 is 0 Å². The van der Waals surface area contributed by atoms with Gasteiger partial charge in [-0.15, -0.1) is 0 Å². The predicted molar refractivity (Wildman–Crippen MR) is 43.7 cm³/mol. The molecule has 2 saturated heterocycles. The van der Waals surface area contributed by atoms with Crippen LogP contribution in [0.4, 0.5) is 0 Å². The van der Waals surface area contributed by atoms with Crippen LogP contribution >= 0.6 is 0 Å². The Morgan fingerprint density at radius 3 is 2.27 bits per heavy atom. The zero-order valence-corrected chi connectivity index (χ0v) is 7.29. The van der Waals surface area contributed by atoms with E-state index < -0.39 is 0 Å². The highest BCUT2D eigenvalue weighted by atomic mass is 16.5. The molecule has 0 aromatic heterocycles. The van der Waals surface area contributed by atoms with Crippen LogP contribution in [0.3, 0.4) is 0 Å². The smallest absolute Gasteiger partial charge is 0.0825 e. The lowest BCUT2D eigenvalue weighted by molar-refractivity contribution is -0.0815. The van der Waals surface area contributed by atoms with Crippen molar-refractivity contribution in [2.45, 2.75) is 12.1 Å². The fraction of sp³-hybridized carbons (Fsp3) is 1.00. The second-order valence-electron chi connectivity index (χ2n) is 3.69. The minimum atomic E-state index is 0.515. The number of hydrogen-bond donors (Lipinski definition) is 0. The third-order valence-corrected chi connectivity index (χ3v) is 2.77. The van der Waals surface area contributed by atoms with Crippen molar-refractivity contribution < 1.29 is 4.74 Å². The van der Waals surface area contributed by atoms with Crippen molar-refractivity contribution in [3.05, 3.63) is 0 Å². The maximum atomic E-state index is 5.21. The molecule has 2 rings (SSSR count). The van der Waals surface area contributed by atoms with Crippen molar-refractivity contribution in [1.29, 1.82) is 0 Å². The van der Waals surface area contributed by atoms with Gasteiger partial charge in [0, 0.05) is 39.3 Å². The number of ether oxygens (including phenoxy) is 1. The number of hydrogen-bond acceptors (Lipinski definition) is 3. The van der Waals surface area contributed by atoms with Crippen LogP contribution in [-0.4, -0.2) is 62.3 Å². The lowest BCUT2D eigenvalue weighted by atomic mass is 10.0. The van der Waals surface area contributed by atoms with Gasteiger partial charge in [-0.1, -0.05) is 0 Å². The predicted octanol–water partition coefficient (Wildman–Crippen LogP) is -0.369. The van der Waals surface area contributed by atoms with Crippen LogP contribution in [0.2, 0.25) is 0 Å². The molecule has 0 amide bonds. The summed E-state index contributed by atoms with van der Waals surface area (Å²) < 4.78 is 5.21. The molecule has 64 valence electrons. The summed E-state index contributed by atoms with van der Waals surface area (Å²) in [6.45, 7) is 4.79. The molecule has 11 heavy (non-hydrogen) atoms. The molecule has 0 aromatic carbocycles. The van der Waals surface area contributed by atoms with E-state index in [9.17, 15) is 0 Å². The molecule has 0 spiro atoms. The molecule has 2 heterocycles. The SMILES string of the molecule is COC1CN(C2CN(C)C2)C1. The number of rotatable bonds is 2. The summed E-state index contributed by atoms with van der Waals surface area (Å²) in [5, 5.41) is 0. The molecule has 0 unspecified atom stereocenters. The van der Waals surface area contributed by atoms with Crippen LogP contribution in [0.25, 0.3) is 0 Å². The Bertz CT molecular complexity index is 139. The van der Waals surface area contributed by atoms with Gasteiger partial charge in [0.1, 0.15) is 0 Å². The summed E-state index contributed by atoms with van der Waals surface area (Å²) in [4.78, 5) is 4.86. The minimum absolute atomic E-state index is 0.515. The molecule has 2 aliphatic heterocycles. The Balaban J connectivity index is 1.67.